The smallest absolute Gasteiger partial charge is 0.484 e. The van der Waals surface area contributed by atoms with E-state index in [0.717, 1.165) is 16.6 Å². The van der Waals surface area contributed by atoms with Gasteiger partial charge in [-0.1, -0.05) is 24.3 Å². The van der Waals surface area contributed by atoms with Gasteiger partial charge in [0.25, 0.3) is 5.91 Å². The number of ether oxygens (including phenoxy) is 2. The molecular formula is C28H24F3N3O5. The Balaban J connectivity index is 1.33. The van der Waals surface area contributed by atoms with Crippen molar-refractivity contribution in [3.63, 3.8) is 0 Å². The van der Waals surface area contributed by atoms with E-state index in [1.165, 1.54) is 18.2 Å². The van der Waals surface area contributed by atoms with E-state index < -0.39 is 12.3 Å². The van der Waals surface area contributed by atoms with Gasteiger partial charge in [-0.15, -0.1) is 13.2 Å². The molecule has 1 N–H and O–H groups in total. The summed E-state index contributed by atoms with van der Waals surface area (Å²) in [6.07, 6.45) is -2.63. The van der Waals surface area contributed by atoms with Crippen LogP contribution in [0.2, 0.25) is 0 Å². The minimum absolute atomic E-state index is 0.0994. The number of alkyl halides is 3. The summed E-state index contributed by atoms with van der Waals surface area (Å²) in [5, 5.41) is 9.84. The van der Waals surface area contributed by atoms with E-state index in [1.807, 2.05) is 16.7 Å². The molecule has 0 saturated heterocycles. The van der Waals surface area contributed by atoms with Crippen LogP contribution in [0, 0.1) is 0 Å². The van der Waals surface area contributed by atoms with Crippen LogP contribution in [0.4, 0.5) is 13.2 Å². The van der Waals surface area contributed by atoms with Gasteiger partial charge in [-0.2, -0.15) is 0 Å². The molecule has 11 heteroatoms. The number of carbonyl (C=O) groups is 2. The highest BCUT2D eigenvalue weighted by atomic mass is 19.4. The number of pyridine rings is 1. The molecule has 39 heavy (non-hydrogen) atoms. The number of halogens is 3. The number of carboxylic acid groups (broad SMARTS) is 1. The van der Waals surface area contributed by atoms with Crippen molar-refractivity contribution in [2.24, 2.45) is 0 Å². The minimum Gasteiger partial charge on any atom is -0.484 e. The predicted molar refractivity (Wildman–Crippen MR) is 134 cm³/mol. The third-order valence-corrected chi connectivity index (χ3v) is 6.48. The third-order valence-electron chi connectivity index (χ3n) is 6.48. The molecule has 0 fully saturated rings. The molecule has 3 heterocycles. The number of aromatic nitrogens is 2. The van der Waals surface area contributed by atoms with Gasteiger partial charge in [-0.3, -0.25) is 9.59 Å². The predicted octanol–water partition coefficient (Wildman–Crippen LogP) is 4.57. The fraction of sp³-hybridized carbons (Fsp3) is 0.250. The Kier molecular flexibility index (Phi) is 7.14. The van der Waals surface area contributed by atoms with Crippen LogP contribution in [0.25, 0.3) is 11.0 Å². The van der Waals surface area contributed by atoms with Gasteiger partial charge < -0.3 is 24.0 Å². The van der Waals surface area contributed by atoms with Gasteiger partial charge in [-0.05, 0) is 59.5 Å². The summed E-state index contributed by atoms with van der Waals surface area (Å²) in [6.45, 7) is 0.835. The summed E-state index contributed by atoms with van der Waals surface area (Å²) in [5.41, 5.74) is 3.84. The average molecular weight is 540 g/mol. The SMILES string of the molecule is O=C(O)Cc1ccc(OCC(=O)N2CCc3c(n(Cc4cccc(OC(F)(F)F)c4)c4ncccc34)C2)cc1. The van der Waals surface area contributed by atoms with Crippen LogP contribution in [0.3, 0.4) is 0 Å². The molecule has 2 aromatic carbocycles. The Morgan fingerprint density at radius 1 is 1.00 bits per heavy atom. The van der Waals surface area contributed by atoms with Crippen molar-refractivity contribution in [2.45, 2.75) is 32.3 Å². The molecule has 1 aliphatic heterocycles. The van der Waals surface area contributed by atoms with Crippen LogP contribution in [-0.2, 0) is 35.5 Å². The first-order valence-corrected chi connectivity index (χ1v) is 12.2. The number of rotatable bonds is 8. The van der Waals surface area contributed by atoms with Gasteiger partial charge in [0.15, 0.2) is 6.61 Å². The molecular weight excluding hydrogens is 515 g/mol. The Morgan fingerprint density at radius 2 is 1.79 bits per heavy atom. The van der Waals surface area contributed by atoms with Crippen LogP contribution < -0.4 is 9.47 Å². The molecule has 0 atom stereocenters. The molecule has 0 saturated carbocycles. The number of fused-ring (bicyclic) bond motifs is 3. The van der Waals surface area contributed by atoms with E-state index in [4.69, 9.17) is 9.84 Å². The second-order valence-electron chi connectivity index (χ2n) is 9.15. The van der Waals surface area contributed by atoms with E-state index in [2.05, 4.69) is 9.72 Å². The maximum Gasteiger partial charge on any atom is 0.573 e. The van der Waals surface area contributed by atoms with Crippen molar-refractivity contribution in [2.75, 3.05) is 13.2 Å². The standard InChI is InChI=1S/C28H24F3N3O5/c29-28(30,31)39-21-4-1-3-19(13-21)15-34-24-16-33(12-10-22(24)23-5-2-11-32-27(23)34)25(35)17-38-20-8-6-18(7-9-20)14-26(36)37/h1-9,11,13H,10,12,14-17H2,(H,36,37). The lowest BCUT2D eigenvalue weighted by molar-refractivity contribution is -0.274. The van der Waals surface area contributed by atoms with Crippen LogP contribution in [-0.4, -0.2) is 50.9 Å². The minimum atomic E-state index is -4.79. The molecule has 0 unspecified atom stereocenters. The Morgan fingerprint density at radius 3 is 2.54 bits per heavy atom. The van der Waals surface area contributed by atoms with E-state index in [9.17, 15) is 22.8 Å². The zero-order chi connectivity index (χ0) is 27.6. The zero-order valence-corrected chi connectivity index (χ0v) is 20.6. The van der Waals surface area contributed by atoms with Crippen LogP contribution in [0.5, 0.6) is 11.5 Å². The maximum atomic E-state index is 13.0. The number of benzene rings is 2. The first-order chi connectivity index (χ1) is 18.7. The maximum absolute atomic E-state index is 13.0. The van der Waals surface area contributed by atoms with Gasteiger partial charge in [0.2, 0.25) is 0 Å². The largest absolute Gasteiger partial charge is 0.573 e. The summed E-state index contributed by atoms with van der Waals surface area (Å²) >= 11 is 0. The topological polar surface area (TPSA) is 93.9 Å². The van der Waals surface area contributed by atoms with Crippen LogP contribution in [0.1, 0.15) is 22.4 Å². The van der Waals surface area contributed by atoms with E-state index in [0.29, 0.717) is 42.0 Å². The number of carbonyl (C=O) groups excluding carboxylic acids is 1. The van der Waals surface area contributed by atoms with Crippen molar-refractivity contribution in [1.82, 2.24) is 14.5 Å². The summed E-state index contributed by atoms with van der Waals surface area (Å²) in [5.74, 6) is -1.00. The quantitative estimate of drug-likeness (QED) is 0.353. The molecule has 8 nitrogen and oxygen atoms in total. The number of nitrogens with zero attached hydrogens (tertiary/aromatic N) is 3. The van der Waals surface area contributed by atoms with E-state index >= 15 is 0 Å². The summed E-state index contributed by atoms with van der Waals surface area (Å²) in [6, 6.07) is 16.1. The molecule has 202 valence electrons. The molecule has 4 aromatic rings. The highest BCUT2D eigenvalue weighted by Gasteiger charge is 2.31. The first-order valence-electron chi connectivity index (χ1n) is 12.2. The lowest BCUT2D eigenvalue weighted by Gasteiger charge is -2.28. The lowest BCUT2D eigenvalue weighted by atomic mass is 10.0. The van der Waals surface area contributed by atoms with Crippen molar-refractivity contribution in [3.05, 3.63) is 89.2 Å². The highest BCUT2D eigenvalue weighted by Crippen LogP contribution is 2.31. The molecule has 1 aliphatic rings. The summed E-state index contributed by atoms with van der Waals surface area (Å²) < 4.78 is 49.8. The molecule has 0 radical (unpaired) electrons. The molecule has 5 rings (SSSR count). The van der Waals surface area contributed by atoms with Crippen molar-refractivity contribution < 1.29 is 37.3 Å². The lowest BCUT2D eigenvalue weighted by Crippen LogP contribution is -2.39. The van der Waals surface area contributed by atoms with Crippen molar-refractivity contribution in [3.8, 4) is 11.5 Å². The van der Waals surface area contributed by atoms with Gasteiger partial charge in [0, 0.05) is 30.4 Å². The Bertz CT molecular complexity index is 1520. The third kappa shape index (κ3) is 6.14. The first kappa shape index (κ1) is 26.1. The normalized spacial score (nSPS) is 13.3. The summed E-state index contributed by atoms with van der Waals surface area (Å²) in [4.78, 5) is 30.1. The number of amides is 1. The van der Waals surface area contributed by atoms with Crippen molar-refractivity contribution in [1.29, 1.82) is 0 Å². The van der Waals surface area contributed by atoms with Gasteiger partial charge >= 0.3 is 12.3 Å². The fourth-order valence-electron chi connectivity index (χ4n) is 4.78. The zero-order valence-electron chi connectivity index (χ0n) is 20.6. The van der Waals surface area contributed by atoms with Gasteiger partial charge in [-0.25, -0.2) is 4.98 Å². The molecule has 0 spiro atoms. The number of carboxylic acids is 1. The molecule has 2 aromatic heterocycles. The van der Waals surface area contributed by atoms with Gasteiger partial charge in [0.1, 0.15) is 17.1 Å². The average Bonchev–Trinajstić information content (AvgIpc) is 3.20. The van der Waals surface area contributed by atoms with Crippen LogP contribution >= 0.6 is 0 Å². The second kappa shape index (κ2) is 10.7. The number of aliphatic carboxylic acids is 1. The van der Waals surface area contributed by atoms with Gasteiger partial charge in [0.05, 0.1) is 13.0 Å². The number of hydrogen-bond acceptors (Lipinski definition) is 5. The second-order valence-corrected chi connectivity index (χ2v) is 9.15. The highest BCUT2D eigenvalue weighted by molar-refractivity contribution is 5.84. The Hall–Kier alpha value is -4.54. The van der Waals surface area contributed by atoms with E-state index in [-0.39, 0.29) is 31.2 Å². The van der Waals surface area contributed by atoms with Crippen LogP contribution in [0.15, 0.2) is 66.9 Å². The van der Waals surface area contributed by atoms with E-state index in [1.54, 1.807) is 41.4 Å². The Labute approximate surface area is 221 Å². The molecule has 1 amide bonds. The summed E-state index contributed by atoms with van der Waals surface area (Å²) in [7, 11) is 0. The molecule has 0 aliphatic carbocycles. The van der Waals surface area contributed by atoms with Crippen molar-refractivity contribution >= 4 is 22.9 Å². The number of hydrogen-bond donors (Lipinski definition) is 1. The monoisotopic (exact) mass is 539 g/mol. The fourth-order valence-corrected chi connectivity index (χ4v) is 4.78. The molecule has 0 bridgehead atoms.